The smallest absolute Gasteiger partial charge is 0.474 e. The van der Waals surface area contributed by atoms with Crippen LogP contribution in [0.25, 0.3) is 32.7 Å². The Hall–Kier alpha value is -11.6. The van der Waals surface area contributed by atoms with Gasteiger partial charge in [-0.15, -0.1) is 34.0 Å². The third-order valence-electron chi connectivity index (χ3n) is 22.6. The topological polar surface area (TPSA) is 349 Å². The number of aromatic nitrogens is 9. The van der Waals surface area contributed by atoms with Crippen LogP contribution in [0.2, 0.25) is 0 Å². The number of carbonyl (C=O) groups is 3. The molecule has 6 aromatic carbocycles. The van der Waals surface area contributed by atoms with Crippen LogP contribution in [0.15, 0.2) is 129 Å². The molecule has 6 aromatic heterocycles. The van der Waals surface area contributed by atoms with Crippen molar-refractivity contribution in [1.82, 2.24) is 59.6 Å². The maximum Gasteiger partial charge on any atom is 0.474 e. The minimum atomic E-state index is -4.14. The van der Waals surface area contributed by atoms with Crippen molar-refractivity contribution < 1.29 is 87.3 Å². The Balaban J connectivity index is 0.549. The summed E-state index contributed by atoms with van der Waals surface area (Å²) in [4.78, 5) is 87.8. The van der Waals surface area contributed by atoms with Crippen LogP contribution < -0.4 is 60.3 Å². The van der Waals surface area contributed by atoms with Crippen LogP contribution >= 0.6 is 41.8 Å². The highest BCUT2D eigenvalue weighted by molar-refractivity contribution is 7.48. The first kappa shape index (κ1) is 94.1. The lowest BCUT2D eigenvalue weighted by Gasteiger charge is -2.37. The molecule has 692 valence electrons. The van der Waals surface area contributed by atoms with Gasteiger partial charge in [0.2, 0.25) is 17.7 Å². The van der Waals surface area contributed by atoms with Crippen molar-refractivity contribution >= 4 is 142 Å². The van der Waals surface area contributed by atoms with Crippen molar-refractivity contribution in [1.29, 1.82) is 0 Å². The Morgan fingerprint density at radius 1 is 0.389 bits per heavy atom. The van der Waals surface area contributed by atoms with Crippen molar-refractivity contribution in [3.63, 3.8) is 0 Å². The molecule has 3 aliphatic heterocycles. The molecule has 3 unspecified atom stereocenters. The van der Waals surface area contributed by atoms with E-state index in [0.29, 0.717) is 191 Å². The number of amides is 3. The van der Waals surface area contributed by atoms with Crippen LogP contribution in [0.3, 0.4) is 0 Å². The number of hydrogen-bond donors (Lipinski definition) is 6. The number of thiazole rings is 3. The second-order valence-electron chi connectivity index (χ2n) is 31.5. The minimum Gasteiger partial charge on any atom is -0.493 e. The summed E-state index contributed by atoms with van der Waals surface area (Å²) < 4.78 is 155. The highest BCUT2D eigenvalue weighted by atomic mass is 32.1. The molecule has 3 saturated heterocycles. The normalized spacial score (nSPS) is 16.1. The van der Waals surface area contributed by atoms with Crippen LogP contribution in [0.4, 0.5) is 76.3 Å². The first-order valence-electron chi connectivity index (χ1n) is 43.3. The third-order valence-corrected chi connectivity index (χ3v) is 26.8. The summed E-state index contributed by atoms with van der Waals surface area (Å²) in [5.74, 6) is -2.16. The second kappa shape index (κ2) is 45.5. The van der Waals surface area contributed by atoms with Gasteiger partial charge in [-0.2, -0.15) is 0 Å². The SMILES string of the molecule is COc1cc2c(Nc3ncc(CC(=O)Nc4ccc(F)cc4F)s3)ncnc2cc1OCCCN1CCCCC1CCOP(=O)(OCCC1CCCCN1CCCOc1cc2ncnc(Nc3ncc(CC(=O)Nc4ccc(F)cc4F)s3)c2cc1OC)OCCC1CCCCN1CCCOc1cc2ncnc(Nc3ncc(CC(=O)Nc4ccc(F)cc4F)s3)c2cc1OC. The Morgan fingerprint density at radius 2 is 0.695 bits per heavy atom. The Morgan fingerprint density at radius 3 is 0.985 bits per heavy atom. The highest BCUT2D eigenvalue weighted by Crippen LogP contribution is 2.51. The maximum absolute atomic E-state index is 15.3. The molecule has 0 radical (unpaired) electrons. The van der Waals surface area contributed by atoms with E-state index in [1.807, 2.05) is 0 Å². The molecule has 0 spiro atoms. The molecule has 6 N–H and O–H groups in total. The molecule has 12 aromatic rings. The van der Waals surface area contributed by atoms with Gasteiger partial charge in [0.05, 0.1) is 114 Å². The number of halogens is 6. The highest BCUT2D eigenvalue weighted by Gasteiger charge is 2.33. The summed E-state index contributed by atoms with van der Waals surface area (Å²) in [5.41, 5.74) is 1.36. The molecule has 9 heterocycles. The van der Waals surface area contributed by atoms with Gasteiger partial charge in [0.15, 0.2) is 49.9 Å². The fourth-order valence-electron chi connectivity index (χ4n) is 16.2. The molecule has 3 atom stereocenters. The number of rotatable bonds is 45. The van der Waals surface area contributed by atoms with Crippen LogP contribution in [0.5, 0.6) is 34.5 Å². The number of methoxy groups -OCH3 is 3. The minimum absolute atomic E-state index is 0.0943. The first-order chi connectivity index (χ1) is 63.7. The fourth-order valence-corrected chi connectivity index (χ4v) is 19.8. The third kappa shape index (κ3) is 25.8. The summed E-state index contributed by atoms with van der Waals surface area (Å²) in [5, 5.41) is 20.4. The van der Waals surface area contributed by atoms with Gasteiger partial charge in [-0.05, 0) is 151 Å². The number of phosphoric acid groups is 1. The molecule has 41 heteroatoms. The van der Waals surface area contributed by atoms with Gasteiger partial charge >= 0.3 is 7.82 Å². The lowest BCUT2D eigenvalue weighted by atomic mass is 9.99. The number of hydrogen-bond acceptors (Lipinski definition) is 31. The molecule has 31 nitrogen and oxygen atoms in total. The van der Waals surface area contributed by atoms with E-state index in [4.69, 9.17) is 42.0 Å². The molecule has 15 rings (SSSR count). The Labute approximate surface area is 763 Å². The number of anilines is 9. The number of likely N-dealkylation sites (tertiary alicyclic amines) is 3. The van der Waals surface area contributed by atoms with Gasteiger partial charge < -0.3 is 75.0 Å². The van der Waals surface area contributed by atoms with Crippen molar-refractivity contribution in [2.75, 3.05) is 132 Å². The Kier molecular flexibility index (Phi) is 32.7. The van der Waals surface area contributed by atoms with Crippen molar-refractivity contribution in [3.05, 3.63) is 178 Å². The number of piperidine rings is 3. The lowest BCUT2D eigenvalue weighted by Crippen LogP contribution is -2.41. The number of carbonyl (C=O) groups excluding carboxylic acids is 3. The van der Waals surface area contributed by atoms with E-state index < -0.39 is 60.4 Å². The molecule has 3 aliphatic rings. The van der Waals surface area contributed by atoms with E-state index in [0.717, 1.165) is 133 Å². The van der Waals surface area contributed by atoms with E-state index in [-0.39, 0.29) is 74.3 Å². The molecular formula is C90H99F6N18O13PS3. The summed E-state index contributed by atoms with van der Waals surface area (Å²) in [7, 11) is 0.530. The van der Waals surface area contributed by atoms with Gasteiger partial charge in [0.1, 0.15) is 71.3 Å². The summed E-state index contributed by atoms with van der Waals surface area (Å²) in [6, 6.07) is 20.0. The molecule has 0 bridgehead atoms. The van der Waals surface area contributed by atoms with E-state index in [9.17, 15) is 40.7 Å². The van der Waals surface area contributed by atoms with Gasteiger partial charge in [-0.1, -0.05) is 19.3 Å². The lowest BCUT2D eigenvalue weighted by molar-refractivity contribution is -0.116. The monoisotopic (exact) mass is 1880 g/mol. The summed E-state index contributed by atoms with van der Waals surface area (Å²) in [6.07, 6.45) is 21.4. The number of nitrogens with one attached hydrogen (secondary N) is 6. The van der Waals surface area contributed by atoms with Crippen LogP contribution in [0, 0.1) is 34.9 Å². The van der Waals surface area contributed by atoms with E-state index >= 15 is 4.57 Å². The van der Waals surface area contributed by atoms with Gasteiger partial charge in [-0.25, -0.2) is 75.8 Å². The van der Waals surface area contributed by atoms with Crippen LogP contribution in [-0.2, 0) is 51.8 Å². The molecular weight excluding hydrogens is 1780 g/mol. The van der Waals surface area contributed by atoms with E-state index in [1.54, 1.807) is 57.7 Å². The average Bonchev–Trinajstić information content (AvgIpc) is 1.44. The zero-order chi connectivity index (χ0) is 91.2. The standard InChI is InChI=1S/C90H99F6N18O13PS3/c1-119-76-43-64-73(100-52-103-85(64)109-88-97-49-61(129-88)40-82(115)106-70-19-16-55(91)37-67(70)94)46-79(76)122-31-10-28-112-25-7-4-13-58(112)22-34-125-128(118,126-35-23-59-14-5-8-26-113(59)29-11-32-123-80-47-74-65(44-77(80)120-2)86(104-53-101-74)110-89-98-50-62(130-89)41-83(116)107-71-20-17-56(92)38-68(71)95)127-36-24-60-15-6-9-27-114(60)30-12-33-124-81-48-75-66(45-78(81)121-3)87(105-54-102-75)111-90-99-51-63(131-90)42-84(117)108-72-21-18-57(93)39-69(72)96/h16-21,37-39,43-54,58-60H,4-15,22-36,40-42H2,1-3H3,(H,106,115)(H,107,116)(H,108,117)(H,97,100,103,109)(H,98,101,104,110)(H,99,102,105,111). The number of fused-ring (bicyclic) bond motifs is 3. The largest absolute Gasteiger partial charge is 0.493 e. The quantitative estimate of drug-likeness (QED) is 0.0117. The van der Waals surface area contributed by atoms with Crippen molar-refractivity contribution in [3.8, 4) is 34.5 Å². The van der Waals surface area contributed by atoms with Gasteiger partial charge in [-0.3, -0.25) is 28.0 Å². The number of ether oxygens (including phenoxy) is 6. The van der Waals surface area contributed by atoms with Gasteiger partial charge in [0, 0.05) is 124 Å². The van der Waals surface area contributed by atoms with E-state index in [2.05, 4.69) is 91.5 Å². The van der Waals surface area contributed by atoms with Crippen molar-refractivity contribution in [2.45, 2.75) is 134 Å². The average molecular weight is 1880 g/mol. The zero-order valence-corrected chi connectivity index (χ0v) is 75.5. The first-order valence-corrected chi connectivity index (χ1v) is 47.2. The summed E-state index contributed by atoms with van der Waals surface area (Å²) >= 11 is 3.65. The predicted octanol–water partition coefficient (Wildman–Crippen LogP) is 18.1. The maximum atomic E-state index is 15.3. The second-order valence-corrected chi connectivity index (χ2v) is 36.5. The predicted molar refractivity (Wildman–Crippen MR) is 488 cm³/mol. The molecule has 131 heavy (non-hydrogen) atoms. The van der Waals surface area contributed by atoms with Gasteiger partial charge in [0.25, 0.3) is 0 Å². The fraction of sp³-hybridized carbons (Fsp3) is 0.400. The van der Waals surface area contributed by atoms with Crippen LogP contribution in [0.1, 0.15) is 111 Å². The van der Waals surface area contributed by atoms with Crippen molar-refractivity contribution in [2.24, 2.45) is 0 Å². The molecule has 3 fully saturated rings. The summed E-state index contributed by atoms with van der Waals surface area (Å²) in [6.45, 7) is 6.34. The number of benzene rings is 6. The van der Waals surface area contributed by atoms with E-state index in [1.165, 1.54) is 71.6 Å². The van der Waals surface area contributed by atoms with Crippen LogP contribution in [-0.4, -0.2) is 196 Å². The number of phosphoric ester groups is 1. The zero-order valence-electron chi connectivity index (χ0n) is 72.2. The Bertz CT molecular complexity index is 5450. The molecule has 0 saturated carbocycles. The molecule has 3 amide bonds. The number of nitrogens with zero attached hydrogens (tertiary/aromatic N) is 12. The molecule has 0 aliphatic carbocycles.